The minimum atomic E-state index is -5.03. The molecule has 0 saturated carbocycles. The Hall–Kier alpha value is -2.35. The van der Waals surface area contributed by atoms with Crippen molar-refractivity contribution >= 4 is 5.91 Å². The first-order valence-electron chi connectivity index (χ1n) is 8.27. The summed E-state index contributed by atoms with van der Waals surface area (Å²) in [5, 5.41) is 12.7. The number of hydrogen-bond donors (Lipinski definition) is 2. The van der Waals surface area contributed by atoms with Gasteiger partial charge >= 0.3 is 6.18 Å². The Morgan fingerprint density at radius 3 is 2.46 bits per heavy atom. The third-order valence-corrected chi connectivity index (χ3v) is 4.39. The van der Waals surface area contributed by atoms with Gasteiger partial charge in [-0.3, -0.25) is 4.79 Å². The summed E-state index contributed by atoms with van der Waals surface area (Å²) in [4.78, 5) is 15.7. The molecular formula is C18H22F3N3O2. The van der Waals surface area contributed by atoms with Crippen LogP contribution in [0, 0.1) is 0 Å². The molecule has 1 aromatic carbocycles. The number of nitrogens with zero attached hydrogens (tertiary/aromatic N) is 2. The molecule has 26 heavy (non-hydrogen) atoms. The van der Waals surface area contributed by atoms with Crippen molar-refractivity contribution in [2.24, 2.45) is 7.05 Å². The largest absolute Gasteiger partial charge is 0.425 e. The number of alkyl halides is 3. The van der Waals surface area contributed by atoms with Gasteiger partial charge in [0.05, 0.1) is 6.42 Å². The zero-order valence-electron chi connectivity index (χ0n) is 14.6. The lowest BCUT2D eigenvalue weighted by Gasteiger charge is -2.29. The van der Waals surface area contributed by atoms with Crippen LogP contribution in [0.25, 0.3) is 0 Å². The third kappa shape index (κ3) is 4.24. The summed E-state index contributed by atoms with van der Waals surface area (Å²) in [6.45, 7) is 2.12. The van der Waals surface area contributed by atoms with Crippen LogP contribution in [0.15, 0.2) is 42.7 Å². The van der Waals surface area contributed by atoms with Crippen molar-refractivity contribution in [2.45, 2.75) is 37.5 Å². The highest BCUT2D eigenvalue weighted by Crippen LogP contribution is 2.40. The highest BCUT2D eigenvalue weighted by molar-refractivity contribution is 5.77. The molecule has 0 aliphatic heterocycles. The van der Waals surface area contributed by atoms with Crippen molar-refractivity contribution in [1.82, 2.24) is 14.9 Å². The molecule has 0 radical (unpaired) electrons. The van der Waals surface area contributed by atoms with Crippen LogP contribution < -0.4 is 5.32 Å². The fraction of sp³-hybridized carbons (Fsp3) is 0.444. The van der Waals surface area contributed by atoms with Crippen LogP contribution in [0.2, 0.25) is 0 Å². The molecule has 0 spiro atoms. The number of carbonyl (C=O) groups is 1. The SMILES string of the molecule is CCC(CNC(=O)CC(O)(c1nccn1C)C(F)(F)F)c1ccccc1. The minimum absolute atomic E-state index is 0.0210. The smallest absolute Gasteiger partial charge is 0.374 e. The maximum atomic E-state index is 13.5. The predicted molar refractivity (Wildman–Crippen MR) is 90.3 cm³/mol. The number of aliphatic hydroxyl groups is 1. The van der Waals surface area contributed by atoms with Gasteiger partial charge in [-0.15, -0.1) is 0 Å². The van der Waals surface area contributed by atoms with Crippen molar-refractivity contribution in [2.75, 3.05) is 6.54 Å². The van der Waals surface area contributed by atoms with Crippen LogP contribution >= 0.6 is 0 Å². The molecule has 2 N–H and O–H groups in total. The van der Waals surface area contributed by atoms with E-state index in [4.69, 9.17) is 0 Å². The normalized spacial score (nSPS) is 15.3. The Bertz CT molecular complexity index is 731. The second-order valence-corrected chi connectivity index (χ2v) is 6.22. The molecule has 0 aliphatic rings. The number of carbonyl (C=O) groups excluding carboxylic acids is 1. The van der Waals surface area contributed by atoms with Crippen LogP contribution in [0.4, 0.5) is 13.2 Å². The van der Waals surface area contributed by atoms with Crippen molar-refractivity contribution < 1.29 is 23.1 Å². The summed E-state index contributed by atoms with van der Waals surface area (Å²) >= 11 is 0. The van der Waals surface area contributed by atoms with E-state index >= 15 is 0 Å². The maximum Gasteiger partial charge on any atom is 0.425 e. The van der Waals surface area contributed by atoms with E-state index < -0.39 is 29.9 Å². The Morgan fingerprint density at radius 2 is 1.96 bits per heavy atom. The Balaban J connectivity index is 2.10. The molecule has 142 valence electrons. The number of rotatable bonds is 7. The first-order chi connectivity index (χ1) is 12.2. The van der Waals surface area contributed by atoms with E-state index in [1.54, 1.807) is 0 Å². The van der Waals surface area contributed by atoms with Gasteiger partial charge in [0, 0.05) is 31.9 Å². The summed E-state index contributed by atoms with van der Waals surface area (Å²) in [5.41, 5.74) is -2.35. The second-order valence-electron chi connectivity index (χ2n) is 6.22. The quantitative estimate of drug-likeness (QED) is 0.789. The van der Waals surface area contributed by atoms with Gasteiger partial charge in [-0.25, -0.2) is 4.98 Å². The van der Waals surface area contributed by atoms with E-state index in [9.17, 15) is 23.1 Å². The topological polar surface area (TPSA) is 67.2 Å². The van der Waals surface area contributed by atoms with Gasteiger partial charge in [0.1, 0.15) is 0 Å². The van der Waals surface area contributed by atoms with E-state index in [1.807, 2.05) is 37.3 Å². The average Bonchev–Trinajstić information content (AvgIpc) is 3.02. The maximum absolute atomic E-state index is 13.5. The number of imidazole rings is 1. The van der Waals surface area contributed by atoms with Gasteiger partial charge in [0.15, 0.2) is 5.82 Å². The molecule has 1 heterocycles. The zero-order valence-corrected chi connectivity index (χ0v) is 14.6. The summed E-state index contributed by atoms with van der Waals surface area (Å²) in [5.74, 6) is -1.52. The highest BCUT2D eigenvalue weighted by Gasteiger charge is 2.58. The lowest BCUT2D eigenvalue weighted by Crippen LogP contribution is -2.48. The molecule has 2 unspecified atom stereocenters. The highest BCUT2D eigenvalue weighted by atomic mass is 19.4. The number of amides is 1. The molecule has 8 heteroatoms. The molecular weight excluding hydrogens is 347 g/mol. The fourth-order valence-corrected chi connectivity index (χ4v) is 2.83. The lowest BCUT2D eigenvalue weighted by atomic mass is 9.95. The Kier molecular flexibility index (Phi) is 6.07. The van der Waals surface area contributed by atoms with Crippen LogP contribution in [0.1, 0.15) is 37.1 Å². The predicted octanol–water partition coefficient (Wildman–Crippen LogP) is 2.87. The molecule has 2 rings (SSSR count). The third-order valence-electron chi connectivity index (χ3n) is 4.39. The van der Waals surface area contributed by atoms with Gasteiger partial charge in [-0.2, -0.15) is 13.2 Å². The molecule has 2 atom stereocenters. The van der Waals surface area contributed by atoms with Gasteiger partial charge < -0.3 is 15.0 Å². The number of benzene rings is 1. The molecule has 5 nitrogen and oxygen atoms in total. The van der Waals surface area contributed by atoms with Crippen molar-refractivity contribution in [1.29, 1.82) is 0 Å². The van der Waals surface area contributed by atoms with Crippen molar-refractivity contribution in [3.8, 4) is 0 Å². The summed E-state index contributed by atoms with van der Waals surface area (Å²) in [6.07, 6.45) is -3.04. The summed E-state index contributed by atoms with van der Waals surface area (Å²) in [6, 6.07) is 9.40. The van der Waals surface area contributed by atoms with E-state index in [-0.39, 0.29) is 12.5 Å². The van der Waals surface area contributed by atoms with Gasteiger partial charge in [-0.1, -0.05) is 37.3 Å². The molecule has 1 amide bonds. The molecule has 0 bridgehead atoms. The Labute approximate surface area is 149 Å². The fourth-order valence-electron chi connectivity index (χ4n) is 2.83. The number of halogens is 3. The number of nitrogens with one attached hydrogen (secondary N) is 1. The molecule has 2 aromatic rings. The van der Waals surface area contributed by atoms with Crippen LogP contribution in [-0.2, 0) is 17.4 Å². The van der Waals surface area contributed by atoms with E-state index in [0.29, 0.717) is 6.42 Å². The number of aromatic nitrogens is 2. The molecule has 0 fully saturated rings. The first-order valence-corrected chi connectivity index (χ1v) is 8.27. The molecule has 0 saturated heterocycles. The average molecular weight is 369 g/mol. The molecule has 0 aliphatic carbocycles. The van der Waals surface area contributed by atoms with E-state index in [2.05, 4.69) is 10.3 Å². The Morgan fingerprint density at radius 1 is 1.31 bits per heavy atom. The van der Waals surface area contributed by atoms with Crippen molar-refractivity contribution in [3.05, 3.63) is 54.1 Å². The van der Waals surface area contributed by atoms with Crippen LogP contribution in [-0.4, -0.2) is 33.3 Å². The second kappa shape index (κ2) is 7.90. The monoisotopic (exact) mass is 369 g/mol. The minimum Gasteiger partial charge on any atom is -0.374 e. The molecule has 1 aromatic heterocycles. The van der Waals surface area contributed by atoms with Gasteiger partial charge in [-0.05, 0) is 12.0 Å². The van der Waals surface area contributed by atoms with Crippen LogP contribution in [0.3, 0.4) is 0 Å². The standard InChI is InChI=1S/C18H22F3N3O2/c1-3-13(14-7-5-4-6-8-14)12-23-15(25)11-17(26,18(19,20)21)16-22-9-10-24(16)2/h4-10,13,26H,3,11-12H2,1-2H3,(H,23,25). The number of hydrogen-bond acceptors (Lipinski definition) is 3. The van der Waals surface area contributed by atoms with E-state index in [0.717, 1.165) is 16.3 Å². The lowest BCUT2D eigenvalue weighted by molar-refractivity contribution is -0.271. The van der Waals surface area contributed by atoms with Crippen molar-refractivity contribution in [3.63, 3.8) is 0 Å². The van der Waals surface area contributed by atoms with Crippen LogP contribution in [0.5, 0.6) is 0 Å². The summed E-state index contributed by atoms with van der Waals surface area (Å²) < 4.78 is 41.4. The summed E-state index contributed by atoms with van der Waals surface area (Å²) in [7, 11) is 1.33. The number of aryl methyl sites for hydroxylation is 1. The first kappa shape index (κ1) is 20.0. The van der Waals surface area contributed by atoms with Gasteiger partial charge in [0.25, 0.3) is 0 Å². The van der Waals surface area contributed by atoms with E-state index in [1.165, 1.54) is 13.2 Å². The zero-order chi connectivity index (χ0) is 19.4. The van der Waals surface area contributed by atoms with Gasteiger partial charge in [0.2, 0.25) is 11.5 Å².